The highest BCUT2D eigenvalue weighted by molar-refractivity contribution is 7.89. The molecule has 168 valence electrons. The van der Waals surface area contributed by atoms with Crippen molar-refractivity contribution in [3.8, 4) is 11.5 Å². The van der Waals surface area contributed by atoms with E-state index < -0.39 is 15.9 Å². The fourth-order valence-corrected chi connectivity index (χ4v) is 4.56. The molecule has 0 radical (unpaired) electrons. The van der Waals surface area contributed by atoms with Crippen molar-refractivity contribution in [2.24, 2.45) is 5.10 Å². The molecule has 2 aromatic carbocycles. The van der Waals surface area contributed by atoms with E-state index in [2.05, 4.69) is 10.5 Å². The zero-order chi connectivity index (χ0) is 23.0. The molecule has 0 aliphatic rings. The second-order valence-corrected chi connectivity index (χ2v) is 8.48. The lowest BCUT2D eigenvalue weighted by Gasteiger charge is -2.18. The molecule has 0 saturated carbocycles. The number of ether oxygens (including phenoxy) is 2. The summed E-state index contributed by atoms with van der Waals surface area (Å²) in [5.74, 6) is 0.654. The van der Waals surface area contributed by atoms with Gasteiger partial charge in [0.15, 0.2) is 11.5 Å². The second-order valence-electron chi connectivity index (χ2n) is 6.54. The quantitative estimate of drug-likeness (QED) is 0.445. The minimum atomic E-state index is -3.66. The summed E-state index contributed by atoms with van der Waals surface area (Å²) in [5.41, 5.74) is 4.14. The maximum absolute atomic E-state index is 12.7. The van der Waals surface area contributed by atoms with Crippen molar-refractivity contribution >= 4 is 21.6 Å². The number of carbonyl (C=O) groups is 1. The topological polar surface area (TPSA) is 97.3 Å². The third kappa shape index (κ3) is 5.62. The van der Waals surface area contributed by atoms with E-state index >= 15 is 0 Å². The Balaban J connectivity index is 2.28. The summed E-state index contributed by atoms with van der Waals surface area (Å²) in [7, 11) is -0.555. The molecule has 8 nitrogen and oxygen atoms in total. The monoisotopic (exact) mass is 447 g/mol. The third-order valence-electron chi connectivity index (χ3n) is 4.78. The van der Waals surface area contributed by atoms with Gasteiger partial charge in [0.1, 0.15) is 0 Å². The number of nitrogens with one attached hydrogen (secondary N) is 1. The number of methoxy groups -OCH3 is 2. The molecule has 0 heterocycles. The minimum Gasteiger partial charge on any atom is -0.493 e. The fraction of sp³-hybridized carbons (Fsp3) is 0.364. The highest BCUT2D eigenvalue weighted by Gasteiger charge is 2.22. The minimum absolute atomic E-state index is 0.0726. The van der Waals surface area contributed by atoms with Crippen LogP contribution < -0.4 is 14.9 Å². The highest BCUT2D eigenvalue weighted by Crippen LogP contribution is 2.28. The molecule has 2 rings (SSSR count). The van der Waals surface area contributed by atoms with Crippen LogP contribution in [-0.4, -0.2) is 51.7 Å². The summed E-state index contributed by atoms with van der Waals surface area (Å²) in [6, 6.07) is 11.3. The van der Waals surface area contributed by atoms with E-state index in [4.69, 9.17) is 9.47 Å². The molecule has 1 N–H and O–H groups in total. The van der Waals surface area contributed by atoms with Crippen molar-refractivity contribution in [3.63, 3.8) is 0 Å². The predicted molar refractivity (Wildman–Crippen MR) is 120 cm³/mol. The first-order chi connectivity index (χ1) is 14.8. The Morgan fingerprint density at radius 3 is 2.23 bits per heavy atom. The third-order valence-corrected chi connectivity index (χ3v) is 6.83. The van der Waals surface area contributed by atoms with E-state index in [1.54, 1.807) is 52.3 Å². The largest absolute Gasteiger partial charge is 0.493 e. The summed E-state index contributed by atoms with van der Waals surface area (Å²) in [6.45, 7) is 6.16. The van der Waals surface area contributed by atoms with Gasteiger partial charge in [-0.25, -0.2) is 13.8 Å². The van der Waals surface area contributed by atoms with Crippen molar-refractivity contribution in [3.05, 3.63) is 53.6 Å². The SMILES string of the molecule is CC/C(=N\NC(=O)c1cccc(S(=O)(=O)N(CC)CC)c1)c1ccc(OC)c(OC)c1. The van der Waals surface area contributed by atoms with Crippen molar-refractivity contribution in [2.75, 3.05) is 27.3 Å². The summed E-state index contributed by atoms with van der Waals surface area (Å²) in [5, 5.41) is 4.24. The Morgan fingerprint density at radius 2 is 1.65 bits per heavy atom. The van der Waals surface area contributed by atoms with E-state index in [-0.39, 0.29) is 10.5 Å². The number of hydrogen-bond donors (Lipinski definition) is 1. The van der Waals surface area contributed by atoms with Gasteiger partial charge >= 0.3 is 0 Å². The molecule has 1 amide bonds. The van der Waals surface area contributed by atoms with Gasteiger partial charge in [-0.2, -0.15) is 9.41 Å². The van der Waals surface area contributed by atoms with Crippen LogP contribution in [0.4, 0.5) is 0 Å². The van der Waals surface area contributed by atoms with Crippen LogP contribution in [0.2, 0.25) is 0 Å². The molecule has 2 aromatic rings. The molecular weight excluding hydrogens is 418 g/mol. The Kier molecular flexibility index (Phi) is 8.58. The lowest BCUT2D eigenvalue weighted by atomic mass is 10.1. The van der Waals surface area contributed by atoms with Crippen molar-refractivity contribution in [2.45, 2.75) is 32.1 Å². The van der Waals surface area contributed by atoms with Gasteiger partial charge in [-0.05, 0) is 42.8 Å². The summed E-state index contributed by atoms with van der Waals surface area (Å²) >= 11 is 0. The van der Waals surface area contributed by atoms with E-state index in [1.807, 2.05) is 13.0 Å². The van der Waals surface area contributed by atoms with Crippen LogP contribution in [0.1, 0.15) is 43.1 Å². The first-order valence-electron chi connectivity index (χ1n) is 10.0. The summed E-state index contributed by atoms with van der Waals surface area (Å²) in [6.07, 6.45) is 0.562. The molecule has 0 aliphatic carbocycles. The van der Waals surface area contributed by atoms with Crippen LogP contribution >= 0.6 is 0 Å². The van der Waals surface area contributed by atoms with Gasteiger partial charge in [0.2, 0.25) is 10.0 Å². The van der Waals surface area contributed by atoms with Crippen molar-refractivity contribution < 1.29 is 22.7 Å². The van der Waals surface area contributed by atoms with E-state index in [0.29, 0.717) is 36.7 Å². The first kappa shape index (κ1) is 24.4. The van der Waals surface area contributed by atoms with Crippen LogP contribution in [0, 0.1) is 0 Å². The number of nitrogens with zero attached hydrogens (tertiary/aromatic N) is 2. The van der Waals surface area contributed by atoms with Gasteiger partial charge in [0, 0.05) is 24.2 Å². The number of rotatable bonds is 10. The molecule has 0 atom stereocenters. The van der Waals surface area contributed by atoms with Crippen LogP contribution in [-0.2, 0) is 10.0 Å². The Morgan fingerprint density at radius 1 is 0.968 bits per heavy atom. The zero-order valence-corrected chi connectivity index (χ0v) is 19.3. The molecular formula is C22H29N3O5S. The Hall–Kier alpha value is -2.91. The van der Waals surface area contributed by atoms with E-state index in [0.717, 1.165) is 5.56 Å². The maximum Gasteiger partial charge on any atom is 0.271 e. The fourth-order valence-electron chi connectivity index (χ4n) is 3.06. The van der Waals surface area contributed by atoms with E-state index in [9.17, 15) is 13.2 Å². The second kappa shape index (κ2) is 10.9. The predicted octanol–water partition coefficient (Wildman–Crippen LogP) is 3.28. The van der Waals surface area contributed by atoms with Crippen LogP contribution in [0.5, 0.6) is 11.5 Å². The average Bonchev–Trinajstić information content (AvgIpc) is 2.79. The lowest BCUT2D eigenvalue weighted by molar-refractivity contribution is 0.0954. The van der Waals surface area contributed by atoms with Gasteiger partial charge in [0.05, 0.1) is 24.8 Å². The Bertz CT molecular complexity index is 1050. The standard InChI is InChI=1S/C22H29N3O5S/c1-6-19(16-12-13-20(29-4)21(15-16)30-5)23-24-22(26)17-10-9-11-18(14-17)31(27,28)25(7-2)8-3/h9-15H,6-8H2,1-5H3,(H,24,26)/b23-19+. The summed E-state index contributed by atoms with van der Waals surface area (Å²) in [4.78, 5) is 12.7. The Labute approximate surface area is 183 Å². The summed E-state index contributed by atoms with van der Waals surface area (Å²) < 4.78 is 37.4. The molecule has 0 aliphatic heterocycles. The van der Waals surface area contributed by atoms with E-state index in [1.165, 1.54) is 16.4 Å². The lowest BCUT2D eigenvalue weighted by Crippen LogP contribution is -2.30. The molecule has 0 unspecified atom stereocenters. The number of hydrogen-bond acceptors (Lipinski definition) is 6. The van der Waals surface area contributed by atoms with Crippen LogP contribution in [0.15, 0.2) is 52.5 Å². The smallest absolute Gasteiger partial charge is 0.271 e. The first-order valence-corrected chi connectivity index (χ1v) is 11.5. The normalized spacial score (nSPS) is 12.0. The molecule has 0 bridgehead atoms. The molecule has 0 aromatic heterocycles. The zero-order valence-electron chi connectivity index (χ0n) is 18.5. The maximum atomic E-state index is 12.7. The van der Waals surface area contributed by atoms with Gasteiger partial charge in [-0.1, -0.05) is 26.8 Å². The van der Waals surface area contributed by atoms with Gasteiger partial charge < -0.3 is 9.47 Å². The van der Waals surface area contributed by atoms with Gasteiger partial charge in [0.25, 0.3) is 5.91 Å². The molecule has 0 fully saturated rings. The van der Waals surface area contributed by atoms with Gasteiger partial charge in [-0.15, -0.1) is 0 Å². The van der Waals surface area contributed by atoms with Crippen LogP contribution in [0.3, 0.4) is 0 Å². The average molecular weight is 448 g/mol. The highest BCUT2D eigenvalue weighted by atomic mass is 32.2. The van der Waals surface area contributed by atoms with Crippen molar-refractivity contribution in [1.29, 1.82) is 0 Å². The number of sulfonamides is 1. The number of hydrazone groups is 1. The van der Waals surface area contributed by atoms with Crippen LogP contribution in [0.25, 0.3) is 0 Å². The molecule has 9 heteroatoms. The molecule has 0 spiro atoms. The molecule has 31 heavy (non-hydrogen) atoms. The van der Waals surface area contributed by atoms with Gasteiger partial charge in [-0.3, -0.25) is 4.79 Å². The van der Waals surface area contributed by atoms with Crippen molar-refractivity contribution in [1.82, 2.24) is 9.73 Å². The number of carbonyl (C=O) groups excluding carboxylic acids is 1. The molecule has 0 saturated heterocycles. The number of amides is 1. The number of benzene rings is 2.